The summed E-state index contributed by atoms with van der Waals surface area (Å²) in [5.41, 5.74) is 2.93. The molecule has 2 nitrogen and oxygen atoms in total. The fraction of sp³-hybridized carbons (Fsp3) is 0.250. The first-order valence-electron chi connectivity index (χ1n) is 6.27. The Kier molecular flexibility index (Phi) is 4.53. The van der Waals surface area contributed by atoms with Gasteiger partial charge in [-0.1, -0.05) is 36.4 Å². The molecule has 0 aliphatic carbocycles. The number of methoxy groups -OCH3 is 1. The molecule has 0 heterocycles. The van der Waals surface area contributed by atoms with Gasteiger partial charge in [0.1, 0.15) is 5.82 Å². The molecule has 0 aliphatic rings. The van der Waals surface area contributed by atoms with Gasteiger partial charge in [-0.05, 0) is 30.2 Å². The van der Waals surface area contributed by atoms with E-state index in [2.05, 4.69) is 5.32 Å². The lowest BCUT2D eigenvalue weighted by atomic mass is 10.1. The lowest BCUT2D eigenvalue weighted by molar-refractivity contribution is 0.186. The third-order valence-electron chi connectivity index (χ3n) is 3.06. The van der Waals surface area contributed by atoms with Gasteiger partial charge < -0.3 is 10.1 Å². The van der Waals surface area contributed by atoms with Crippen molar-refractivity contribution in [2.75, 3.05) is 19.0 Å². The van der Waals surface area contributed by atoms with Crippen molar-refractivity contribution < 1.29 is 9.13 Å². The van der Waals surface area contributed by atoms with Crippen LogP contribution in [0.15, 0.2) is 48.5 Å². The van der Waals surface area contributed by atoms with Crippen LogP contribution in [0.25, 0.3) is 0 Å². The lowest BCUT2D eigenvalue weighted by Gasteiger charge is -2.21. The van der Waals surface area contributed by atoms with E-state index in [1.807, 2.05) is 37.3 Å². The smallest absolute Gasteiger partial charge is 0.125 e. The molecule has 0 aromatic heterocycles. The summed E-state index contributed by atoms with van der Waals surface area (Å²) in [6.07, 6.45) is 0. The minimum absolute atomic E-state index is 0.00620. The summed E-state index contributed by atoms with van der Waals surface area (Å²) < 4.78 is 18.6. The summed E-state index contributed by atoms with van der Waals surface area (Å²) in [5.74, 6) is -0.239. The van der Waals surface area contributed by atoms with Crippen LogP contribution in [0.1, 0.15) is 17.2 Å². The molecular formula is C16H18FNO. The predicted molar refractivity (Wildman–Crippen MR) is 75.8 cm³/mol. The average molecular weight is 259 g/mol. The first kappa shape index (κ1) is 13.6. The molecule has 1 unspecified atom stereocenters. The van der Waals surface area contributed by atoms with Crippen LogP contribution in [0.3, 0.4) is 0 Å². The fourth-order valence-corrected chi connectivity index (χ4v) is 2.01. The van der Waals surface area contributed by atoms with E-state index in [1.165, 1.54) is 12.1 Å². The lowest BCUT2D eigenvalue weighted by Crippen LogP contribution is -2.16. The van der Waals surface area contributed by atoms with Crippen molar-refractivity contribution in [1.82, 2.24) is 0 Å². The maximum atomic E-state index is 13.3. The monoisotopic (exact) mass is 259 g/mol. The zero-order valence-corrected chi connectivity index (χ0v) is 11.2. The van der Waals surface area contributed by atoms with Gasteiger partial charge in [0.25, 0.3) is 0 Å². The van der Waals surface area contributed by atoms with E-state index in [0.29, 0.717) is 6.61 Å². The Labute approximate surface area is 113 Å². The summed E-state index contributed by atoms with van der Waals surface area (Å²) >= 11 is 0. The summed E-state index contributed by atoms with van der Waals surface area (Å²) in [4.78, 5) is 0. The Hall–Kier alpha value is -1.87. The maximum Gasteiger partial charge on any atom is 0.125 e. The van der Waals surface area contributed by atoms with Crippen LogP contribution in [0.2, 0.25) is 0 Å². The highest BCUT2D eigenvalue weighted by Gasteiger charge is 2.12. The topological polar surface area (TPSA) is 21.3 Å². The van der Waals surface area contributed by atoms with Crippen molar-refractivity contribution >= 4 is 5.69 Å². The van der Waals surface area contributed by atoms with Gasteiger partial charge in [-0.15, -0.1) is 0 Å². The molecule has 3 heteroatoms. The van der Waals surface area contributed by atoms with Gasteiger partial charge >= 0.3 is 0 Å². The van der Waals surface area contributed by atoms with Crippen LogP contribution in [0.5, 0.6) is 0 Å². The van der Waals surface area contributed by atoms with Crippen molar-refractivity contribution in [3.8, 4) is 0 Å². The number of benzene rings is 2. The van der Waals surface area contributed by atoms with Crippen molar-refractivity contribution in [3.63, 3.8) is 0 Å². The van der Waals surface area contributed by atoms with E-state index in [1.54, 1.807) is 13.2 Å². The zero-order valence-electron chi connectivity index (χ0n) is 11.2. The Morgan fingerprint density at radius 1 is 1.16 bits per heavy atom. The van der Waals surface area contributed by atoms with Crippen LogP contribution < -0.4 is 5.32 Å². The number of nitrogens with one attached hydrogen (secondary N) is 1. The van der Waals surface area contributed by atoms with E-state index in [4.69, 9.17) is 4.74 Å². The van der Waals surface area contributed by atoms with Crippen LogP contribution in [0.4, 0.5) is 10.1 Å². The molecular weight excluding hydrogens is 241 g/mol. The largest absolute Gasteiger partial charge is 0.382 e. The van der Waals surface area contributed by atoms with Gasteiger partial charge in [0.05, 0.1) is 12.6 Å². The third-order valence-corrected chi connectivity index (χ3v) is 3.06. The van der Waals surface area contributed by atoms with Gasteiger partial charge in [-0.3, -0.25) is 0 Å². The highest BCUT2D eigenvalue weighted by atomic mass is 19.1. The van der Waals surface area contributed by atoms with E-state index >= 15 is 0 Å². The second-order valence-electron chi connectivity index (χ2n) is 4.52. The average Bonchev–Trinajstić information content (AvgIpc) is 2.43. The Morgan fingerprint density at radius 3 is 2.58 bits per heavy atom. The van der Waals surface area contributed by atoms with Crippen LogP contribution in [-0.2, 0) is 4.74 Å². The SMILES string of the molecule is COCC(Nc1cc(F)ccc1C)c1ccccc1. The molecule has 1 atom stereocenters. The fourth-order valence-electron chi connectivity index (χ4n) is 2.01. The minimum Gasteiger partial charge on any atom is -0.382 e. The van der Waals surface area contributed by atoms with E-state index < -0.39 is 0 Å². The molecule has 2 aromatic carbocycles. The summed E-state index contributed by atoms with van der Waals surface area (Å²) in [7, 11) is 1.66. The van der Waals surface area contributed by atoms with Gasteiger partial charge in [0.2, 0.25) is 0 Å². The van der Waals surface area contributed by atoms with E-state index in [9.17, 15) is 4.39 Å². The standard InChI is InChI=1S/C16H18FNO/c1-12-8-9-14(17)10-15(12)18-16(11-19-2)13-6-4-3-5-7-13/h3-10,16,18H,11H2,1-2H3. The molecule has 0 saturated heterocycles. The van der Waals surface area contributed by atoms with Crippen molar-refractivity contribution in [1.29, 1.82) is 0 Å². The van der Waals surface area contributed by atoms with Gasteiger partial charge in [-0.2, -0.15) is 0 Å². The molecule has 2 aromatic rings. The second-order valence-corrected chi connectivity index (χ2v) is 4.52. The molecule has 0 bridgehead atoms. The molecule has 0 aliphatic heterocycles. The van der Waals surface area contributed by atoms with Crippen molar-refractivity contribution in [3.05, 3.63) is 65.5 Å². The number of halogens is 1. The molecule has 2 rings (SSSR count). The molecule has 1 N–H and O–H groups in total. The Balaban J connectivity index is 2.24. The molecule has 0 fully saturated rings. The number of hydrogen-bond donors (Lipinski definition) is 1. The maximum absolute atomic E-state index is 13.3. The predicted octanol–water partition coefficient (Wildman–Crippen LogP) is 3.93. The quantitative estimate of drug-likeness (QED) is 0.878. The number of hydrogen-bond acceptors (Lipinski definition) is 2. The Morgan fingerprint density at radius 2 is 1.89 bits per heavy atom. The summed E-state index contributed by atoms with van der Waals surface area (Å²) in [5, 5.41) is 3.34. The van der Waals surface area contributed by atoms with Crippen LogP contribution in [0, 0.1) is 12.7 Å². The van der Waals surface area contributed by atoms with E-state index in [-0.39, 0.29) is 11.9 Å². The number of rotatable bonds is 5. The van der Waals surface area contributed by atoms with Crippen molar-refractivity contribution in [2.45, 2.75) is 13.0 Å². The highest BCUT2D eigenvalue weighted by Crippen LogP contribution is 2.23. The zero-order chi connectivity index (χ0) is 13.7. The van der Waals surface area contributed by atoms with Crippen molar-refractivity contribution in [2.24, 2.45) is 0 Å². The molecule has 0 spiro atoms. The molecule has 19 heavy (non-hydrogen) atoms. The third kappa shape index (κ3) is 3.55. The minimum atomic E-state index is -0.239. The van der Waals surface area contributed by atoms with E-state index in [0.717, 1.165) is 16.8 Å². The van der Waals surface area contributed by atoms with Crippen LogP contribution in [-0.4, -0.2) is 13.7 Å². The van der Waals surface area contributed by atoms with Gasteiger partial charge in [-0.25, -0.2) is 4.39 Å². The summed E-state index contributed by atoms with van der Waals surface area (Å²) in [6, 6.07) is 14.8. The second kappa shape index (κ2) is 6.34. The number of anilines is 1. The van der Waals surface area contributed by atoms with Gasteiger partial charge in [0, 0.05) is 12.8 Å². The molecule has 0 radical (unpaired) electrons. The van der Waals surface area contributed by atoms with Crippen LogP contribution >= 0.6 is 0 Å². The number of aryl methyl sites for hydroxylation is 1. The first-order valence-corrected chi connectivity index (χ1v) is 6.27. The van der Waals surface area contributed by atoms with Gasteiger partial charge in [0.15, 0.2) is 0 Å². The molecule has 100 valence electrons. The highest BCUT2D eigenvalue weighted by molar-refractivity contribution is 5.52. The normalized spacial score (nSPS) is 12.2. The first-order chi connectivity index (χ1) is 9.20. The summed E-state index contributed by atoms with van der Waals surface area (Å²) in [6.45, 7) is 2.48. The molecule has 0 amide bonds. The number of ether oxygens (including phenoxy) is 1. The molecule has 0 saturated carbocycles. The Bertz CT molecular complexity index is 528.